The SMILES string of the molecule is CC(=O)Sc1nc[nH]c1C[C@@H](N)C(=O)O.N[C@H](Cc1[nH]cnc1S)C(=O)O.N[C@H](Cc1cnc[nH]1)C(=O)O.O=C(O)CCS. The summed E-state index contributed by atoms with van der Waals surface area (Å²) in [5, 5.41) is 34.3. The highest BCUT2D eigenvalue weighted by molar-refractivity contribution is 8.13. The highest BCUT2D eigenvalue weighted by Crippen LogP contribution is 2.20. The van der Waals surface area contributed by atoms with Crippen molar-refractivity contribution in [2.24, 2.45) is 17.2 Å². The molecule has 0 amide bonds. The zero-order chi connectivity index (χ0) is 33.8. The molecule has 0 saturated carbocycles. The number of carboxylic acids is 4. The number of carboxylic acid groups (broad SMARTS) is 4. The van der Waals surface area contributed by atoms with Crippen LogP contribution in [0, 0.1) is 0 Å². The Kier molecular flexibility index (Phi) is 19.8. The lowest BCUT2D eigenvalue weighted by molar-refractivity contribution is -0.139. The van der Waals surface area contributed by atoms with E-state index >= 15 is 0 Å². The number of imidazole rings is 3. The van der Waals surface area contributed by atoms with Crippen molar-refractivity contribution < 1.29 is 44.4 Å². The first-order valence-electron chi connectivity index (χ1n) is 12.3. The third kappa shape index (κ3) is 17.9. The number of rotatable bonds is 12. The van der Waals surface area contributed by atoms with E-state index in [1.54, 1.807) is 6.20 Å². The number of aliphatic carboxylic acids is 4. The van der Waals surface area contributed by atoms with Crippen molar-refractivity contribution in [1.29, 1.82) is 0 Å². The Morgan fingerprint density at radius 1 is 0.818 bits per heavy atom. The van der Waals surface area contributed by atoms with Crippen LogP contribution >= 0.6 is 37.0 Å². The fourth-order valence-electron chi connectivity index (χ4n) is 2.57. The van der Waals surface area contributed by atoms with Crippen LogP contribution in [-0.2, 0) is 43.2 Å². The fraction of sp³-hybridized carbons (Fsp3) is 0.391. The molecule has 3 rings (SSSR count). The molecule has 0 unspecified atom stereocenters. The Morgan fingerprint density at radius 3 is 1.70 bits per heavy atom. The van der Waals surface area contributed by atoms with E-state index < -0.39 is 42.0 Å². The van der Waals surface area contributed by atoms with E-state index in [9.17, 15) is 24.0 Å². The largest absolute Gasteiger partial charge is 0.481 e. The molecule has 0 spiro atoms. The van der Waals surface area contributed by atoms with Crippen molar-refractivity contribution in [2.75, 3.05) is 5.75 Å². The first-order valence-corrected chi connectivity index (χ1v) is 14.1. The number of H-pyrrole nitrogens is 3. The molecule has 18 nitrogen and oxygen atoms in total. The predicted octanol–water partition coefficient (Wildman–Crippen LogP) is -0.589. The van der Waals surface area contributed by atoms with Gasteiger partial charge in [0.25, 0.3) is 0 Å². The minimum absolute atomic E-state index is 0.104. The number of aromatic nitrogens is 6. The second kappa shape index (κ2) is 21.7. The van der Waals surface area contributed by atoms with Crippen LogP contribution < -0.4 is 17.2 Å². The minimum atomic E-state index is -1.08. The molecule has 244 valence electrons. The molecule has 13 N–H and O–H groups in total. The van der Waals surface area contributed by atoms with E-state index in [4.69, 9.17) is 37.6 Å². The summed E-state index contributed by atoms with van der Waals surface area (Å²) < 4.78 is 0. The Balaban J connectivity index is 0.000000584. The van der Waals surface area contributed by atoms with Gasteiger partial charge in [-0.15, -0.1) is 12.6 Å². The molecule has 0 bridgehead atoms. The van der Waals surface area contributed by atoms with Gasteiger partial charge in [0.1, 0.15) is 28.2 Å². The van der Waals surface area contributed by atoms with E-state index in [0.29, 0.717) is 27.2 Å². The smallest absolute Gasteiger partial charge is 0.320 e. The maximum Gasteiger partial charge on any atom is 0.320 e. The predicted molar refractivity (Wildman–Crippen MR) is 164 cm³/mol. The topological polar surface area (TPSA) is 330 Å². The third-order valence-electron chi connectivity index (χ3n) is 4.73. The Labute approximate surface area is 265 Å². The van der Waals surface area contributed by atoms with Crippen molar-refractivity contribution in [2.45, 2.75) is 60.8 Å². The van der Waals surface area contributed by atoms with Gasteiger partial charge in [-0.2, -0.15) is 12.6 Å². The first kappa shape index (κ1) is 40.1. The molecule has 0 aliphatic carbocycles. The zero-order valence-electron chi connectivity index (χ0n) is 23.3. The van der Waals surface area contributed by atoms with E-state index in [0.717, 1.165) is 17.5 Å². The number of carbonyl (C=O) groups is 5. The molecule has 0 fully saturated rings. The minimum Gasteiger partial charge on any atom is -0.481 e. The lowest BCUT2D eigenvalue weighted by atomic mass is 10.2. The molecule has 3 aromatic heterocycles. The number of thiol groups is 2. The summed E-state index contributed by atoms with van der Waals surface area (Å²) in [5.41, 5.74) is 17.9. The molecular weight excluding hydrogens is 643 g/mol. The van der Waals surface area contributed by atoms with E-state index in [1.807, 2.05) is 0 Å². The van der Waals surface area contributed by atoms with Crippen molar-refractivity contribution in [3.05, 3.63) is 42.3 Å². The summed E-state index contributed by atoms with van der Waals surface area (Å²) in [4.78, 5) is 71.3. The summed E-state index contributed by atoms with van der Waals surface area (Å²) in [5.74, 6) is -3.47. The van der Waals surface area contributed by atoms with Crippen molar-refractivity contribution in [3.63, 3.8) is 0 Å². The number of nitrogens with one attached hydrogen (secondary N) is 3. The average molecular weight is 678 g/mol. The number of hydrogen-bond acceptors (Lipinski definition) is 14. The van der Waals surface area contributed by atoms with Gasteiger partial charge in [0, 0.05) is 43.8 Å². The van der Waals surface area contributed by atoms with Crippen LogP contribution in [0.25, 0.3) is 0 Å². The summed E-state index contributed by atoms with van der Waals surface area (Å²) in [6, 6.07) is -2.75. The molecular formula is C23H35N9O9S3. The number of nitrogens with zero attached hydrogens (tertiary/aromatic N) is 3. The molecule has 3 aromatic rings. The van der Waals surface area contributed by atoms with Crippen LogP contribution in [0.2, 0.25) is 0 Å². The monoisotopic (exact) mass is 677 g/mol. The average Bonchev–Trinajstić information content (AvgIpc) is 3.69. The molecule has 0 saturated heterocycles. The van der Waals surface area contributed by atoms with Gasteiger partial charge in [0.15, 0.2) is 5.12 Å². The first-order chi connectivity index (χ1) is 20.6. The van der Waals surface area contributed by atoms with Gasteiger partial charge < -0.3 is 52.6 Å². The van der Waals surface area contributed by atoms with Gasteiger partial charge in [0.2, 0.25) is 0 Å². The number of carbonyl (C=O) groups excluding carboxylic acids is 1. The van der Waals surface area contributed by atoms with Gasteiger partial charge in [-0.05, 0) is 11.8 Å². The van der Waals surface area contributed by atoms with Gasteiger partial charge >= 0.3 is 23.9 Å². The summed E-state index contributed by atoms with van der Waals surface area (Å²) in [6.07, 6.45) is 6.70. The normalized spacial score (nSPS) is 12.0. The maximum atomic E-state index is 10.8. The van der Waals surface area contributed by atoms with Crippen LogP contribution in [0.3, 0.4) is 0 Å². The number of hydrogen-bond donors (Lipinski definition) is 12. The van der Waals surface area contributed by atoms with Gasteiger partial charge in [-0.1, -0.05) is 0 Å². The van der Waals surface area contributed by atoms with Crippen molar-refractivity contribution in [1.82, 2.24) is 29.9 Å². The Hall–Kier alpha value is -3.89. The van der Waals surface area contributed by atoms with E-state index in [-0.39, 0.29) is 30.8 Å². The molecule has 3 heterocycles. The number of aromatic amines is 3. The summed E-state index contributed by atoms with van der Waals surface area (Å²) in [7, 11) is 0. The second-order valence-electron chi connectivity index (χ2n) is 8.38. The quantitative estimate of drug-likeness (QED) is 0.0841. The molecule has 21 heteroatoms. The van der Waals surface area contributed by atoms with Crippen LogP contribution in [-0.4, -0.2) is 103 Å². The van der Waals surface area contributed by atoms with Crippen LogP contribution in [0.1, 0.15) is 30.4 Å². The standard InChI is InChI=1S/C8H11N3O3S.C6H9N3O2S.C6H9N3O2.C3H6O2S/c1-4(12)15-7-6(10-3-11-7)2-5(9)8(13)14;7-3(6(10)11)1-4-5(12)9-2-8-4;7-5(6(10)11)1-4-2-8-3-9-4;4-3(5)1-2-6/h3,5H,2,9H2,1H3,(H,10,11)(H,13,14);2-3,12H,1,7H2,(H,8,9)(H,10,11);2-3,5H,1,7H2,(H,8,9)(H,10,11);6H,1-2H2,(H,4,5)/t5-;3-;5-;/m111./s1. The van der Waals surface area contributed by atoms with Gasteiger partial charge in [-0.25, -0.2) is 15.0 Å². The van der Waals surface area contributed by atoms with Crippen LogP contribution in [0.5, 0.6) is 0 Å². The summed E-state index contributed by atoms with van der Waals surface area (Å²) in [6.45, 7) is 1.42. The highest BCUT2D eigenvalue weighted by atomic mass is 32.2. The van der Waals surface area contributed by atoms with Crippen molar-refractivity contribution in [3.8, 4) is 0 Å². The zero-order valence-corrected chi connectivity index (χ0v) is 25.9. The van der Waals surface area contributed by atoms with Crippen LogP contribution in [0.15, 0.2) is 35.2 Å². The lowest BCUT2D eigenvalue weighted by Crippen LogP contribution is -2.32. The lowest BCUT2D eigenvalue weighted by Gasteiger charge is -2.05. The third-order valence-corrected chi connectivity index (χ3v) is 6.18. The van der Waals surface area contributed by atoms with Gasteiger partial charge in [0.05, 0.1) is 36.8 Å². The van der Waals surface area contributed by atoms with E-state index in [1.165, 1.54) is 25.9 Å². The molecule has 0 radical (unpaired) electrons. The van der Waals surface area contributed by atoms with Crippen LogP contribution in [0.4, 0.5) is 0 Å². The molecule has 3 atom stereocenters. The Bertz CT molecular complexity index is 1320. The fourth-order valence-corrected chi connectivity index (χ4v) is 3.62. The number of nitrogens with two attached hydrogens (primary N) is 3. The number of thioether (sulfide) groups is 1. The molecule has 44 heavy (non-hydrogen) atoms. The summed E-state index contributed by atoms with van der Waals surface area (Å²) >= 11 is 8.64. The van der Waals surface area contributed by atoms with Gasteiger partial charge in [-0.3, -0.25) is 24.0 Å². The molecule has 0 aliphatic heterocycles. The molecule has 0 aromatic carbocycles. The Morgan fingerprint density at radius 2 is 1.32 bits per heavy atom. The van der Waals surface area contributed by atoms with Crippen molar-refractivity contribution >= 4 is 66.0 Å². The van der Waals surface area contributed by atoms with E-state index in [2.05, 4.69) is 55.2 Å². The highest BCUT2D eigenvalue weighted by Gasteiger charge is 2.17. The maximum absolute atomic E-state index is 10.8. The second-order valence-corrected chi connectivity index (χ2v) is 10.4. The molecule has 0 aliphatic rings.